The van der Waals surface area contributed by atoms with Crippen molar-refractivity contribution >= 4 is 46.9 Å². The van der Waals surface area contributed by atoms with Crippen LogP contribution in [0.4, 0.5) is 10.1 Å². The number of piperazine rings is 1. The molecule has 0 unspecified atom stereocenters. The number of likely N-dealkylation sites (tertiary alicyclic amines) is 1. The molecule has 4 heterocycles. The molecule has 14 heteroatoms. The number of carbonyl (C=O) groups excluding carboxylic acids is 5. The number of carbonyl (C=O) groups is 5. The second kappa shape index (κ2) is 14.9. The predicted octanol–water partition coefficient (Wildman–Crippen LogP) is 1.02. The van der Waals surface area contributed by atoms with Gasteiger partial charge in [-0.1, -0.05) is 0 Å². The zero-order valence-electron chi connectivity index (χ0n) is 26.8. The maximum absolute atomic E-state index is 13.8. The molecule has 2 saturated heterocycles. The normalized spacial score (nSPS) is 18.8. The number of rotatable bonds is 11. The summed E-state index contributed by atoms with van der Waals surface area (Å²) in [6, 6.07) is 4.13. The van der Waals surface area contributed by atoms with Crippen LogP contribution < -0.4 is 16.0 Å². The molecule has 13 nitrogen and oxygen atoms in total. The minimum Gasteiger partial charge on any atom is -0.391 e. The summed E-state index contributed by atoms with van der Waals surface area (Å²) in [4.78, 5) is 71.2. The van der Waals surface area contributed by atoms with E-state index in [4.69, 9.17) is 0 Å². The van der Waals surface area contributed by atoms with Crippen molar-refractivity contribution in [3.8, 4) is 0 Å². The number of fused-ring (bicyclic) bond motifs is 1. The number of aromatic nitrogens is 1. The Morgan fingerprint density at radius 2 is 1.79 bits per heavy atom. The summed E-state index contributed by atoms with van der Waals surface area (Å²) in [5, 5.41) is 17.8. The first-order valence-corrected chi connectivity index (χ1v) is 16.0. The Hall–Kier alpha value is -4.56. The van der Waals surface area contributed by atoms with Gasteiger partial charge >= 0.3 is 0 Å². The van der Waals surface area contributed by atoms with Gasteiger partial charge in [-0.3, -0.25) is 28.9 Å². The Balaban J connectivity index is 1.00. The van der Waals surface area contributed by atoms with Crippen LogP contribution in [0.25, 0.3) is 11.6 Å². The second-order valence-electron chi connectivity index (χ2n) is 12.3. The fraction of sp³-hybridized carbons (Fsp3) is 0.485. The largest absolute Gasteiger partial charge is 0.391 e. The zero-order valence-corrected chi connectivity index (χ0v) is 26.8. The van der Waals surface area contributed by atoms with Gasteiger partial charge < -0.3 is 35.8 Å². The van der Waals surface area contributed by atoms with Crippen molar-refractivity contribution in [2.75, 3.05) is 64.2 Å². The second-order valence-corrected chi connectivity index (χ2v) is 12.3. The monoisotopic (exact) mass is 651 g/mol. The Morgan fingerprint density at radius 3 is 2.51 bits per heavy atom. The summed E-state index contributed by atoms with van der Waals surface area (Å²) in [5.74, 6) is -1.68. The molecule has 1 atom stereocenters. The summed E-state index contributed by atoms with van der Waals surface area (Å²) in [7, 11) is 0. The van der Waals surface area contributed by atoms with E-state index in [9.17, 15) is 33.5 Å². The molecule has 2 fully saturated rings. The van der Waals surface area contributed by atoms with Crippen molar-refractivity contribution in [2.45, 2.75) is 45.6 Å². The molecule has 0 aliphatic carbocycles. The van der Waals surface area contributed by atoms with Crippen LogP contribution in [0.2, 0.25) is 0 Å². The number of benzene rings is 1. The molecule has 5 N–H and O–H groups in total. The molecule has 5 amide bonds. The molecule has 47 heavy (non-hydrogen) atoms. The van der Waals surface area contributed by atoms with E-state index in [1.54, 1.807) is 24.8 Å². The van der Waals surface area contributed by atoms with Crippen LogP contribution in [0, 0.1) is 19.7 Å². The average Bonchev–Trinajstić information content (AvgIpc) is 3.71. The van der Waals surface area contributed by atoms with Crippen molar-refractivity contribution < 1.29 is 33.5 Å². The highest BCUT2D eigenvalue weighted by atomic mass is 19.1. The van der Waals surface area contributed by atoms with Crippen LogP contribution in [-0.2, 0) is 19.2 Å². The van der Waals surface area contributed by atoms with E-state index < -0.39 is 11.9 Å². The van der Waals surface area contributed by atoms with Gasteiger partial charge in [-0.05, 0) is 63.1 Å². The van der Waals surface area contributed by atoms with Crippen LogP contribution in [0.15, 0.2) is 18.2 Å². The number of aryl methyl sites for hydroxylation is 1. The van der Waals surface area contributed by atoms with Gasteiger partial charge in [-0.25, -0.2) is 4.39 Å². The Bertz CT molecular complexity index is 1580. The third kappa shape index (κ3) is 8.24. The molecular formula is C33H42FN7O6. The molecule has 3 aliphatic heterocycles. The lowest BCUT2D eigenvalue weighted by Gasteiger charge is -2.34. The number of nitrogens with one attached hydrogen (secondary N) is 4. The standard InChI is InChI=1S/C33H42FN7O6/c1-20-27(17-25-24-16-22(34)4-5-26(24)38-32(25)46)37-21(2)31(20)33(47)35-9-3-10-39-12-14-40(15-13-39)29(44)7-6-28(43)36-18-30(45)41-11-8-23(42)19-41/h4-5,16-17,23,37,42H,3,6-15,18-19H2,1-2H3,(H,35,47)(H,36,43)(H,38,46)/b25-17-/t23-/m1/s1. The Kier molecular flexibility index (Phi) is 10.7. The van der Waals surface area contributed by atoms with E-state index >= 15 is 0 Å². The maximum atomic E-state index is 13.8. The van der Waals surface area contributed by atoms with Crippen LogP contribution in [0.3, 0.4) is 0 Å². The molecule has 1 aromatic heterocycles. The van der Waals surface area contributed by atoms with Gasteiger partial charge in [0.25, 0.3) is 11.8 Å². The number of amides is 5. The fourth-order valence-corrected chi connectivity index (χ4v) is 6.24. The summed E-state index contributed by atoms with van der Waals surface area (Å²) in [5.41, 5.74) is 3.82. The van der Waals surface area contributed by atoms with Crippen LogP contribution >= 0.6 is 0 Å². The minimum absolute atomic E-state index is 0.0109. The zero-order chi connectivity index (χ0) is 33.7. The van der Waals surface area contributed by atoms with Gasteiger partial charge in [0.2, 0.25) is 17.7 Å². The van der Waals surface area contributed by atoms with E-state index in [1.165, 1.54) is 23.1 Å². The van der Waals surface area contributed by atoms with E-state index in [-0.39, 0.29) is 55.5 Å². The third-order valence-electron chi connectivity index (χ3n) is 8.94. The predicted molar refractivity (Wildman–Crippen MR) is 173 cm³/mol. The van der Waals surface area contributed by atoms with E-state index in [0.717, 1.165) is 13.0 Å². The molecule has 252 valence electrons. The van der Waals surface area contributed by atoms with Gasteiger partial charge in [0.15, 0.2) is 0 Å². The highest BCUT2D eigenvalue weighted by Gasteiger charge is 2.27. The van der Waals surface area contributed by atoms with Crippen LogP contribution in [0.1, 0.15) is 58.6 Å². The number of nitrogens with zero attached hydrogens (tertiary/aromatic N) is 3. The molecule has 1 aromatic carbocycles. The van der Waals surface area contributed by atoms with E-state index in [2.05, 4.69) is 25.8 Å². The third-order valence-corrected chi connectivity index (χ3v) is 8.94. The van der Waals surface area contributed by atoms with Gasteiger partial charge in [-0.2, -0.15) is 0 Å². The molecule has 0 spiro atoms. The van der Waals surface area contributed by atoms with Gasteiger partial charge in [0.05, 0.1) is 23.8 Å². The van der Waals surface area contributed by atoms with Gasteiger partial charge in [-0.15, -0.1) is 0 Å². The van der Waals surface area contributed by atoms with E-state index in [1.807, 2.05) is 0 Å². The van der Waals surface area contributed by atoms with Crippen molar-refractivity contribution in [1.82, 2.24) is 30.3 Å². The SMILES string of the molecule is Cc1[nH]c(/C=C2\C(=O)Nc3ccc(F)cc32)c(C)c1C(=O)NCCCN1CCN(C(=O)CCC(=O)NCC(=O)N2CC[C@@H](O)C2)CC1. The number of H-pyrrole nitrogens is 1. The highest BCUT2D eigenvalue weighted by Crippen LogP contribution is 2.34. The molecule has 3 aliphatic rings. The lowest BCUT2D eigenvalue weighted by Crippen LogP contribution is -2.49. The smallest absolute Gasteiger partial charge is 0.256 e. The molecule has 0 bridgehead atoms. The summed E-state index contributed by atoms with van der Waals surface area (Å²) in [6.07, 6.45) is 2.47. The number of aliphatic hydroxyl groups is 1. The quantitative estimate of drug-likeness (QED) is 0.179. The molecule has 0 saturated carbocycles. The lowest BCUT2D eigenvalue weighted by molar-refractivity contribution is -0.135. The first-order valence-electron chi connectivity index (χ1n) is 16.0. The topological polar surface area (TPSA) is 167 Å². The average molecular weight is 652 g/mol. The number of hydrogen-bond acceptors (Lipinski definition) is 7. The lowest BCUT2D eigenvalue weighted by atomic mass is 10.0. The van der Waals surface area contributed by atoms with Crippen molar-refractivity contribution in [3.63, 3.8) is 0 Å². The summed E-state index contributed by atoms with van der Waals surface area (Å²) < 4.78 is 13.8. The van der Waals surface area contributed by atoms with Crippen molar-refractivity contribution in [2.24, 2.45) is 0 Å². The van der Waals surface area contributed by atoms with Crippen LogP contribution in [0.5, 0.6) is 0 Å². The first-order chi connectivity index (χ1) is 22.5. The first kappa shape index (κ1) is 33.8. The van der Waals surface area contributed by atoms with Gasteiger partial charge in [0, 0.05) is 81.3 Å². The molecule has 0 radical (unpaired) electrons. The summed E-state index contributed by atoms with van der Waals surface area (Å²) in [6.45, 7) is 7.93. The number of hydrogen-bond donors (Lipinski definition) is 5. The summed E-state index contributed by atoms with van der Waals surface area (Å²) >= 11 is 0. The number of anilines is 1. The minimum atomic E-state index is -0.513. The molecule has 2 aromatic rings. The highest BCUT2D eigenvalue weighted by molar-refractivity contribution is 6.35. The Labute approximate surface area is 272 Å². The number of β-amino-alcohol motifs (C(OH)–C–C–N with tert-alkyl or cyclic N) is 1. The fourth-order valence-electron chi connectivity index (χ4n) is 6.24. The Morgan fingerprint density at radius 1 is 1.02 bits per heavy atom. The maximum Gasteiger partial charge on any atom is 0.256 e. The van der Waals surface area contributed by atoms with Crippen molar-refractivity contribution in [1.29, 1.82) is 0 Å². The van der Waals surface area contributed by atoms with Gasteiger partial charge in [0.1, 0.15) is 5.82 Å². The molecular weight excluding hydrogens is 609 g/mol. The number of aliphatic hydroxyl groups excluding tert-OH is 1. The number of halogens is 1. The number of aromatic amines is 1. The molecule has 5 rings (SSSR count). The van der Waals surface area contributed by atoms with Crippen molar-refractivity contribution in [3.05, 3.63) is 52.1 Å². The van der Waals surface area contributed by atoms with E-state index in [0.29, 0.717) is 85.0 Å². The van der Waals surface area contributed by atoms with Crippen LogP contribution in [-0.4, -0.2) is 119 Å².